The Morgan fingerprint density at radius 2 is 1.89 bits per heavy atom. The summed E-state index contributed by atoms with van der Waals surface area (Å²) in [5.41, 5.74) is 3.24. The van der Waals surface area contributed by atoms with Crippen molar-refractivity contribution in [2.24, 2.45) is 0 Å². The molecule has 3 unspecified atom stereocenters. The van der Waals surface area contributed by atoms with Crippen molar-refractivity contribution in [3.8, 4) is 5.75 Å². The van der Waals surface area contributed by atoms with Gasteiger partial charge in [-0.15, -0.1) is 0 Å². The van der Waals surface area contributed by atoms with Crippen LogP contribution in [-0.4, -0.2) is 80.2 Å². The summed E-state index contributed by atoms with van der Waals surface area (Å²) < 4.78 is 39.1. The molecule has 2 heterocycles. The fourth-order valence-corrected chi connectivity index (χ4v) is 6.72. The first-order valence-electron chi connectivity index (χ1n) is 12.0. The highest BCUT2D eigenvalue weighted by molar-refractivity contribution is 7.88. The number of nitrogens with zero attached hydrogens (tertiary/aromatic N) is 2. The predicted octanol–water partition coefficient (Wildman–Crippen LogP) is 2.51. The normalized spacial score (nSPS) is 23.1. The summed E-state index contributed by atoms with van der Waals surface area (Å²) in [6.45, 7) is 4.95. The van der Waals surface area contributed by atoms with E-state index in [1.807, 2.05) is 32.0 Å². The molecule has 3 atom stereocenters. The van der Waals surface area contributed by atoms with E-state index in [9.17, 15) is 18.3 Å². The van der Waals surface area contributed by atoms with Crippen LogP contribution in [-0.2, 0) is 20.5 Å². The zero-order valence-electron chi connectivity index (χ0n) is 20.5. The molecule has 0 radical (unpaired) electrons. The van der Waals surface area contributed by atoms with Gasteiger partial charge in [-0.3, -0.25) is 4.79 Å². The summed E-state index contributed by atoms with van der Waals surface area (Å²) in [5, 5.41) is 9.51. The summed E-state index contributed by atoms with van der Waals surface area (Å²) in [7, 11) is -1.95. The summed E-state index contributed by atoms with van der Waals surface area (Å²) in [4.78, 5) is 14.9. The van der Waals surface area contributed by atoms with E-state index in [4.69, 9.17) is 9.47 Å². The Balaban J connectivity index is 1.45. The molecule has 2 aromatic carbocycles. The number of benzene rings is 2. The highest BCUT2D eigenvalue weighted by atomic mass is 32.2. The maximum Gasteiger partial charge on any atom is 0.254 e. The van der Waals surface area contributed by atoms with Crippen LogP contribution in [0.4, 0.5) is 0 Å². The van der Waals surface area contributed by atoms with Crippen molar-refractivity contribution in [3.63, 3.8) is 0 Å². The van der Waals surface area contributed by atoms with E-state index >= 15 is 0 Å². The second kappa shape index (κ2) is 10.7. The maximum atomic E-state index is 13.2. The average molecular weight is 503 g/mol. The minimum absolute atomic E-state index is 0.0526. The molecule has 2 aliphatic heterocycles. The van der Waals surface area contributed by atoms with E-state index < -0.39 is 10.0 Å². The first-order valence-corrected chi connectivity index (χ1v) is 13.6. The second-order valence-corrected chi connectivity index (χ2v) is 11.4. The number of aryl methyl sites for hydroxylation is 2. The van der Waals surface area contributed by atoms with Crippen LogP contribution in [0.15, 0.2) is 42.5 Å². The lowest BCUT2D eigenvalue weighted by molar-refractivity contribution is 0.0339. The Labute approximate surface area is 207 Å². The fourth-order valence-electron chi connectivity index (χ4n) is 4.92. The summed E-state index contributed by atoms with van der Waals surface area (Å²) >= 11 is 0. The number of ether oxygens (including phenoxy) is 2. The third-order valence-electron chi connectivity index (χ3n) is 6.85. The van der Waals surface area contributed by atoms with Crippen LogP contribution in [0.25, 0.3) is 0 Å². The van der Waals surface area contributed by atoms with Gasteiger partial charge in [-0.05, 0) is 56.0 Å². The topological polar surface area (TPSA) is 96.4 Å². The van der Waals surface area contributed by atoms with Gasteiger partial charge in [-0.25, -0.2) is 8.42 Å². The van der Waals surface area contributed by atoms with Crippen LogP contribution in [0.5, 0.6) is 5.75 Å². The lowest BCUT2D eigenvalue weighted by Gasteiger charge is -2.23. The van der Waals surface area contributed by atoms with Gasteiger partial charge in [-0.1, -0.05) is 29.8 Å². The van der Waals surface area contributed by atoms with E-state index in [1.54, 1.807) is 36.3 Å². The molecule has 2 saturated heterocycles. The van der Waals surface area contributed by atoms with Crippen molar-refractivity contribution in [2.45, 2.75) is 50.7 Å². The molecule has 0 aliphatic carbocycles. The van der Waals surface area contributed by atoms with Gasteiger partial charge in [-0.2, -0.15) is 4.31 Å². The zero-order valence-corrected chi connectivity index (χ0v) is 21.3. The van der Waals surface area contributed by atoms with Gasteiger partial charge in [0.1, 0.15) is 18.0 Å². The first-order chi connectivity index (χ1) is 16.7. The molecule has 190 valence electrons. The van der Waals surface area contributed by atoms with Crippen molar-refractivity contribution in [2.75, 3.05) is 33.4 Å². The number of rotatable bonds is 8. The van der Waals surface area contributed by atoms with Gasteiger partial charge in [0.15, 0.2) is 0 Å². The Morgan fingerprint density at radius 3 is 2.63 bits per heavy atom. The molecule has 4 rings (SSSR count). The molecule has 8 nitrogen and oxygen atoms in total. The number of carbonyl (C=O) groups is 1. The average Bonchev–Trinajstić information content (AvgIpc) is 3.47. The molecular weight excluding hydrogens is 468 g/mol. The molecule has 2 aromatic rings. The number of aliphatic hydroxyl groups excluding tert-OH is 1. The number of sulfonamides is 1. The number of methoxy groups -OCH3 is 1. The van der Waals surface area contributed by atoms with Crippen molar-refractivity contribution < 1.29 is 27.8 Å². The van der Waals surface area contributed by atoms with Crippen LogP contribution in [0.1, 0.15) is 39.9 Å². The standard InChI is InChI=1S/C26H34N2O6S/c1-18-9-10-19(2)23(12-18)26(30)27-14-24(33-3)25(15-27)34-22-8-4-6-20(13-22)17-35(31,32)28-11-5-7-21(28)16-29/h4,6,8-10,12-13,21,24-25,29H,5,7,11,14-17H2,1-3H3. The van der Waals surface area contributed by atoms with E-state index in [0.717, 1.165) is 17.5 Å². The number of amides is 1. The summed E-state index contributed by atoms with van der Waals surface area (Å²) in [6, 6.07) is 12.5. The van der Waals surface area contributed by atoms with Crippen LogP contribution in [0.2, 0.25) is 0 Å². The van der Waals surface area contributed by atoms with E-state index in [-0.39, 0.29) is 36.5 Å². The van der Waals surface area contributed by atoms with Gasteiger partial charge in [0.05, 0.1) is 25.4 Å². The molecule has 35 heavy (non-hydrogen) atoms. The predicted molar refractivity (Wildman–Crippen MR) is 133 cm³/mol. The minimum atomic E-state index is -3.55. The van der Waals surface area contributed by atoms with Crippen LogP contribution < -0.4 is 4.74 Å². The van der Waals surface area contributed by atoms with Crippen molar-refractivity contribution in [1.82, 2.24) is 9.21 Å². The van der Waals surface area contributed by atoms with Crippen molar-refractivity contribution >= 4 is 15.9 Å². The molecule has 1 N–H and O–H groups in total. The molecule has 2 aliphatic rings. The van der Waals surface area contributed by atoms with Crippen LogP contribution >= 0.6 is 0 Å². The summed E-state index contributed by atoms with van der Waals surface area (Å²) in [6.07, 6.45) is 0.756. The quantitative estimate of drug-likeness (QED) is 0.596. The molecular formula is C26H34N2O6S. The van der Waals surface area contributed by atoms with Gasteiger partial charge < -0.3 is 19.5 Å². The molecule has 9 heteroatoms. The Kier molecular flexibility index (Phi) is 7.80. The zero-order chi connectivity index (χ0) is 25.2. The molecule has 0 spiro atoms. The van der Waals surface area contributed by atoms with Gasteiger partial charge in [0.25, 0.3) is 5.91 Å². The number of hydrogen-bond acceptors (Lipinski definition) is 6. The second-order valence-electron chi connectivity index (χ2n) is 9.45. The van der Waals surface area contributed by atoms with Crippen molar-refractivity contribution in [3.05, 3.63) is 64.7 Å². The molecule has 0 aromatic heterocycles. The largest absolute Gasteiger partial charge is 0.486 e. The molecule has 0 saturated carbocycles. The number of carbonyl (C=O) groups excluding carboxylic acids is 1. The third kappa shape index (κ3) is 5.69. The molecule has 1 amide bonds. The van der Waals surface area contributed by atoms with Crippen LogP contribution in [0, 0.1) is 13.8 Å². The molecule has 0 bridgehead atoms. The Hall–Kier alpha value is -2.46. The highest BCUT2D eigenvalue weighted by Crippen LogP contribution is 2.27. The first kappa shape index (κ1) is 25.6. The number of hydrogen-bond donors (Lipinski definition) is 1. The fraction of sp³-hybridized carbons (Fsp3) is 0.500. The summed E-state index contributed by atoms with van der Waals surface area (Å²) in [5.74, 6) is 0.324. The number of aliphatic hydroxyl groups is 1. The van der Waals surface area contributed by atoms with Gasteiger partial charge in [0, 0.05) is 25.3 Å². The lowest BCUT2D eigenvalue weighted by atomic mass is 10.0. The lowest BCUT2D eigenvalue weighted by Crippen LogP contribution is -2.38. The third-order valence-corrected chi connectivity index (χ3v) is 8.75. The van der Waals surface area contributed by atoms with E-state index in [1.165, 1.54) is 4.31 Å². The monoisotopic (exact) mass is 502 g/mol. The maximum absolute atomic E-state index is 13.2. The smallest absolute Gasteiger partial charge is 0.254 e. The van der Waals surface area contributed by atoms with Crippen molar-refractivity contribution in [1.29, 1.82) is 0 Å². The van der Waals surface area contributed by atoms with Crippen LogP contribution in [0.3, 0.4) is 0 Å². The van der Waals surface area contributed by atoms with E-state index in [0.29, 0.717) is 42.9 Å². The van der Waals surface area contributed by atoms with E-state index in [2.05, 4.69) is 0 Å². The SMILES string of the molecule is COC1CN(C(=O)c2cc(C)ccc2C)CC1Oc1cccc(CS(=O)(=O)N2CCCC2CO)c1. The minimum Gasteiger partial charge on any atom is -0.486 e. The molecule has 2 fully saturated rings. The Bertz CT molecular complexity index is 1170. The Morgan fingerprint density at radius 1 is 1.11 bits per heavy atom. The number of likely N-dealkylation sites (tertiary alicyclic amines) is 1. The van der Waals surface area contributed by atoms with Gasteiger partial charge >= 0.3 is 0 Å². The van der Waals surface area contributed by atoms with Gasteiger partial charge in [0.2, 0.25) is 10.0 Å². The highest BCUT2D eigenvalue weighted by Gasteiger charge is 2.38.